The van der Waals surface area contributed by atoms with Gasteiger partial charge in [0.25, 0.3) is 0 Å². The molecule has 0 unspecified atom stereocenters. The van der Waals surface area contributed by atoms with Gasteiger partial charge in [-0.2, -0.15) is 0 Å². The van der Waals surface area contributed by atoms with Crippen molar-refractivity contribution in [3.63, 3.8) is 0 Å². The number of amides is 1. The summed E-state index contributed by atoms with van der Waals surface area (Å²) in [5.41, 5.74) is 1.04. The van der Waals surface area contributed by atoms with Crippen LogP contribution in [-0.4, -0.2) is 12.5 Å². The first-order valence-electron chi connectivity index (χ1n) is 6.70. The number of hydrogen-bond donors (Lipinski definition) is 0. The Morgan fingerprint density at radius 2 is 1.53 bits per heavy atom. The van der Waals surface area contributed by atoms with Crippen LogP contribution in [0.25, 0.3) is 0 Å². The molecule has 0 aliphatic heterocycles. The molecule has 0 bridgehead atoms. The number of carbonyl (C=O) groups excluding carboxylic acids is 1. The van der Waals surface area contributed by atoms with Crippen LogP contribution in [0.15, 0.2) is 30.3 Å². The maximum Gasteiger partial charge on any atom is 0.214 e. The summed E-state index contributed by atoms with van der Waals surface area (Å²) in [6.07, 6.45) is 9.79. The zero-order valence-corrected chi connectivity index (χ0v) is 10.3. The van der Waals surface area contributed by atoms with Gasteiger partial charge in [0.15, 0.2) is 0 Å². The quantitative estimate of drug-likeness (QED) is 0.725. The number of benzene rings is 1. The summed E-state index contributed by atoms with van der Waals surface area (Å²) < 4.78 is 0. The van der Waals surface area contributed by atoms with Crippen molar-refractivity contribution in [3.8, 4) is 0 Å². The summed E-state index contributed by atoms with van der Waals surface area (Å²) in [6.45, 7) is 0. The molecule has 2 heteroatoms. The molecule has 0 heterocycles. The highest BCUT2D eigenvalue weighted by Gasteiger charge is 2.18. The van der Waals surface area contributed by atoms with E-state index in [2.05, 4.69) is 0 Å². The molecule has 1 saturated carbocycles. The predicted octanol–water partition coefficient (Wildman–Crippen LogP) is 3.76. The minimum Gasteiger partial charge on any atom is -0.312 e. The fourth-order valence-electron chi connectivity index (χ4n) is 2.67. The summed E-state index contributed by atoms with van der Waals surface area (Å²) in [5.74, 6) is 0. The van der Waals surface area contributed by atoms with Crippen molar-refractivity contribution in [3.05, 3.63) is 30.3 Å². The lowest BCUT2D eigenvalue weighted by atomic mass is 9.95. The molecule has 1 aromatic rings. The number of hydrogen-bond acceptors (Lipinski definition) is 1. The summed E-state index contributed by atoms with van der Waals surface area (Å²) in [6, 6.07) is 10.4. The number of carbonyl (C=O) groups is 1. The van der Waals surface area contributed by atoms with E-state index >= 15 is 0 Å². The molecule has 0 aromatic heterocycles. The average Bonchev–Trinajstić information content (AvgIpc) is 2.34. The normalized spacial score (nSPS) is 18.1. The van der Waals surface area contributed by atoms with Gasteiger partial charge in [0.05, 0.1) is 0 Å². The van der Waals surface area contributed by atoms with Gasteiger partial charge in [-0.05, 0) is 25.0 Å². The second-order valence-electron chi connectivity index (χ2n) is 4.85. The van der Waals surface area contributed by atoms with E-state index in [-0.39, 0.29) is 0 Å². The van der Waals surface area contributed by atoms with Gasteiger partial charge in [-0.3, -0.25) is 4.79 Å². The fraction of sp³-hybridized carbons (Fsp3) is 0.533. The zero-order chi connectivity index (χ0) is 11.9. The third-order valence-corrected chi connectivity index (χ3v) is 3.64. The maximum absolute atomic E-state index is 11.3. The van der Waals surface area contributed by atoms with Gasteiger partial charge in [-0.1, -0.05) is 50.3 Å². The van der Waals surface area contributed by atoms with E-state index < -0.39 is 0 Å². The van der Waals surface area contributed by atoms with Gasteiger partial charge in [0, 0.05) is 11.7 Å². The Hall–Kier alpha value is -1.31. The summed E-state index contributed by atoms with van der Waals surface area (Å²) >= 11 is 0. The standard InChI is InChI=1S/C15H21NO/c17-13-16(15-11-7-4-8-12-15)14-9-5-2-1-3-6-10-14/h4,7-8,11-14H,1-3,5-6,9-10H2. The molecule has 0 atom stereocenters. The highest BCUT2D eigenvalue weighted by Crippen LogP contribution is 2.24. The monoisotopic (exact) mass is 231 g/mol. The Kier molecular flexibility index (Phi) is 4.60. The number of nitrogens with zero attached hydrogens (tertiary/aromatic N) is 1. The van der Waals surface area contributed by atoms with E-state index in [0.29, 0.717) is 6.04 Å². The zero-order valence-electron chi connectivity index (χ0n) is 10.3. The van der Waals surface area contributed by atoms with Crippen molar-refractivity contribution in [1.82, 2.24) is 0 Å². The van der Waals surface area contributed by atoms with Gasteiger partial charge in [0.1, 0.15) is 0 Å². The minimum atomic E-state index is 0.398. The highest BCUT2D eigenvalue weighted by molar-refractivity contribution is 5.75. The van der Waals surface area contributed by atoms with E-state index in [4.69, 9.17) is 0 Å². The van der Waals surface area contributed by atoms with E-state index in [1.165, 1.54) is 32.1 Å². The molecule has 17 heavy (non-hydrogen) atoms. The molecule has 1 aliphatic carbocycles. The molecule has 1 aromatic carbocycles. The van der Waals surface area contributed by atoms with Crippen LogP contribution < -0.4 is 4.90 Å². The molecule has 0 spiro atoms. The maximum atomic E-state index is 11.3. The lowest BCUT2D eigenvalue weighted by Gasteiger charge is -2.29. The van der Waals surface area contributed by atoms with E-state index in [1.54, 1.807) is 0 Å². The van der Waals surface area contributed by atoms with Crippen LogP contribution in [0, 0.1) is 0 Å². The molecule has 92 valence electrons. The third-order valence-electron chi connectivity index (χ3n) is 3.64. The first-order chi connectivity index (χ1) is 8.42. The van der Waals surface area contributed by atoms with Crippen LogP contribution in [0.1, 0.15) is 44.9 Å². The highest BCUT2D eigenvalue weighted by atomic mass is 16.1. The second-order valence-corrected chi connectivity index (χ2v) is 4.85. The summed E-state index contributed by atoms with van der Waals surface area (Å²) in [4.78, 5) is 13.3. The van der Waals surface area contributed by atoms with Crippen molar-refractivity contribution in [2.75, 3.05) is 4.90 Å². The first-order valence-corrected chi connectivity index (χ1v) is 6.70. The van der Waals surface area contributed by atoms with Gasteiger partial charge >= 0.3 is 0 Å². The van der Waals surface area contributed by atoms with Crippen molar-refractivity contribution < 1.29 is 4.79 Å². The second kappa shape index (κ2) is 6.43. The molecule has 2 rings (SSSR count). The molecule has 0 radical (unpaired) electrons. The van der Waals surface area contributed by atoms with E-state index in [9.17, 15) is 4.79 Å². The van der Waals surface area contributed by atoms with Gasteiger partial charge in [-0.25, -0.2) is 0 Å². The minimum absolute atomic E-state index is 0.398. The van der Waals surface area contributed by atoms with Crippen LogP contribution in [0.4, 0.5) is 5.69 Å². The van der Waals surface area contributed by atoms with Crippen LogP contribution in [-0.2, 0) is 4.79 Å². The van der Waals surface area contributed by atoms with Crippen LogP contribution in [0.5, 0.6) is 0 Å². The molecule has 2 nitrogen and oxygen atoms in total. The molecular weight excluding hydrogens is 210 g/mol. The van der Waals surface area contributed by atoms with E-state index in [1.807, 2.05) is 35.2 Å². The summed E-state index contributed by atoms with van der Waals surface area (Å²) in [5, 5.41) is 0. The Labute approximate surface area is 104 Å². The largest absolute Gasteiger partial charge is 0.312 e. The average molecular weight is 231 g/mol. The Balaban J connectivity index is 2.08. The lowest BCUT2D eigenvalue weighted by Crippen LogP contribution is -2.34. The topological polar surface area (TPSA) is 20.3 Å². The molecular formula is C15H21NO. The first kappa shape index (κ1) is 12.2. The fourth-order valence-corrected chi connectivity index (χ4v) is 2.67. The van der Waals surface area contributed by atoms with Gasteiger partial charge in [-0.15, -0.1) is 0 Å². The molecule has 1 amide bonds. The van der Waals surface area contributed by atoms with Crippen LogP contribution in [0.2, 0.25) is 0 Å². The van der Waals surface area contributed by atoms with Crippen LogP contribution in [0.3, 0.4) is 0 Å². The van der Waals surface area contributed by atoms with Gasteiger partial charge < -0.3 is 4.90 Å². The SMILES string of the molecule is O=CN(c1ccccc1)C1CCCCCCC1. The van der Waals surface area contributed by atoms with Crippen molar-refractivity contribution >= 4 is 12.1 Å². The third kappa shape index (κ3) is 3.32. The Morgan fingerprint density at radius 3 is 2.12 bits per heavy atom. The smallest absolute Gasteiger partial charge is 0.214 e. The lowest BCUT2D eigenvalue weighted by molar-refractivity contribution is -0.108. The Bertz CT molecular complexity index is 328. The van der Waals surface area contributed by atoms with Crippen molar-refractivity contribution in [1.29, 1.82) is 0 Å². The van der Waals surface area contributed by atoms with Crippen molar-refractivity contribution in [2.45, 2.75) is 51.0 Å². The molecule has 0 saturated heterocycles. The van der Waals surface area contributed by atoms with Gasteiger partial charge in [0.2, 0.25) is 6.41 Å². The molecule has 0 N–H and O–H groups in total. The predicted molar refractivity (Wildman–Crippen MR) is 71.1 cm³/mol. The van der Waals surface area contributed by atoms with Crippen molar-refractivity contribution in [2.24, 2.45) is 0 Å². The van der Waals surface area contributed by atoms with Crippen LogP contribution >= 0.6 is 0 Å². The molecule has 1 fully saturated rings. The number of para-hydroxylation sites is 1. The summed E-state index contributed by atoms with van der Waals surface area (Å²) in [7, 11) is 0. The van der Waals surface area contributed by atoms with E-state index in [0.717, 1.165) is 24.9 Å². The number of rotatable bonds is 3. The Morgan fingerprint density at radius 1 is 0.941 bits per heavy atom. The molecule has 1 aliphatic rings. The number of anilines is 1.